The molecule has 6 heteroatoms. The van der Waals surface area contributed by atoms with Crippen molar-refractivity contribution >= 4 is 5.91 Å². The number of aromatic nitrogens is 2. The highest BCUT2D eigenvalue weighted by atomic mass is 16.6. The summed E-state index contributed by atoms with van der Waals surface area (Å²) in [5, 5.41) is 6.71. The summed E-state index contributed by atoms with van der Waals surface area (Å²) in [7, 11) is 0. The smallest absolute Gasteiger partial charge is 0.252 e. The van der Waals surface area contributed by atoms with Gasteiger partial charge in [-0.05, 0) is 12.5 Å². The first kappa shape index (κ1) is 12.8. The fraction of sp³-hybridized carbons (Fsp3) is 0.357. The van der Waals surface area contributed by atoms with E-state index < -0.39 is 0 Å². The Morgan fingerprint density at radius 3 is 2.90 bits per heavy atom. The minimum Gasteiger partial charge on any atom is -0.363 e. The number of hydrogen-bond acceptors (Lipinski definition) is 5. The van der Waals surface area contributed by atoms with Crippen LogP contribution in [0.25, 0.3) is 0 Å². The first-order valence-corrected chi connectivity index (χ1v) is 6.51. The number of carbonyl (C=O) groups is 1. The van der Waals surface area contributed by atoms with E-state index in [1.807, 2.05) is 30.3 Å². The maximum atomic E-state index is 11.6. The van der Waals surface area contributed by atoms with Gasteiger partial charge in [-0.2, -0.15) is 4.98 Å². The summed E-state index contributed by atoms with van der Waals surface area (Å²) in [6, 6.07) is 9.59. The van der Waals surface area contributed by atoms with Gasteiger partial charge in [-0.15, -0.1) is 0 Å². The number of amides is 1. The molecule has 0 radical (unpaired) electrons. The highest BCUT2D eigenvalue weighted by Gasteiger charge is 2.32. The van der Waals surface area contributed by atoms with Crippen LogP contribution in [0.3, 0.4) is 0 Å². The molecular weight excluding hydrogens is 258 g/mol. The minimum absolute atomic E-state index is 0.139. The largest absolute Gasteiger partial charge is 0.363 e. The Kier molecular flexibility index (Phi) is 3.47. The maximum Gasteiger partial charge on any atom is 0.252 e. The molecule has 1 aliphatic rings. The highest BCUT2D eigenvalue weighted by Crippen LogP contribution is 2.15. The molecule has 1 amide bonds. The molecule has 6 nitrogen and oxygen atoms in total. The zero-order valence-corrected chi connectivity index (χ0v) is 11.1. The molecule has 20 heavy (non-hydrogen) atoms. The lowest BCUT2D eigenvalue weighted by Crippen LogP contribution is -2.30. The van der Waals surface area contributed by atoms with Crippen molar-refractivity contribution in [3.05, 3.63) is 47.6 Å². The van der Waals surface area contributed by atoms with Crippen molar-refractivity contribution in [3.63, 3.8) is 0 Å². The molecule has 0 spiro atoms. The van der Waals surface area contributed by atoms with Crippen LogP contribution in [0.5, 0.6) is 0 Å². The number of hydrogen-bond donors (Lipinski definition) is 1. The van der Waals surface area contributed by atoms with Gasteiger partial charge in [-0.3, -0.25) is 4.79 Å². The summed E-state index contributed by atoms with van der Waals surface area (Å²) in [5.41, 5.74) is 1.11. The summed E-state index contributed by atoms with van der Waals surface area (Å²) in [4.78, 5) is 15.9. The number of nitrogens with one attached hydrogen (secondary N) is 1. The maximum absolute atomic E-state index is 11.6. The van der Waals surface area contributed by atoms with Crippen LogP contribution in [0.2, 0.25) is 0 Å². The molecule has 1 aliphatic heterocycles. The second kappa shape index (κ2) is 5.42. The van der Waals surface area contributed by atoms with Crippen LogP contribution >= 0.6 is 0 Å². The molecule has 0 bridgehead atoms. The molecule has 2 atom stereocenters. The number of ether oxygens (including phenoxy) is 1. The molecule has 1 fully saturated rings. The van der Waals surface area contributed by atoms with Crippen molar-refractivity contribution in [1.82, 2.24) is 15.5 Å². The third kappa shape index (κ3) is 3.03. The van der Waals surface area contributed by atoms with Gasteiger partial charge >= 0.3 is 0 Å². The van der Waals surface area contributed by atoms with Crippen molar-refractivity contribution in [2.75, 3.05) is 6.61 Å². The van der Waals surface area contributed by atoms with Gasteiger partial charge in [0.05, 0.1) is 6.61 Å². The van der Waals surface area contributed by atoms with E-state index in [-0.39, 0.29) is 18.1 Å². The van der Waals surface area contributed by atoms with Gasteiger partial charge in [0.25, 0.3) is 5.91 Å². The normalized spacial score (nSPS) is 18.6. The van der Waals surface area contributed by atoms with Gasteiger partial charge in [0.15, 0.2) is 11.9 Å². The SMILES string of the molecule is CC(NC(=O)C1CO1)c1nc(Cc2ccccc2)no1. The molecule has 1 aromatic heterocycles. The first-order valence-electron chi connectivity index (χ1n) is 6.51. The molecule has 2 heterocycles. The first-order chi connectivity index (χ1) is 9.72. The van der Waals surface area contributed by atoms with Gasteiger partial charge in [-0.1, -0.05) is 35.5 Å². The summed E-state index contributed by atoms with van der Waals surface area (Å²) in [6.07, 6.45) is 0.292. The van der Waals surface area contributed by atoms with Crippen molar-refractivity contribution in [1.29, 1.82) is 0 Å². The lowest BCUT2D eigenvalue weighted by Gasteiger charge is -2.07. The average molecular weight is 273 g/mol. The van der Waals surface area contributed by atoms with Crippen LogP contribution in [0.4, 0.5) is 0 Å². The highest BCUT2D eigenvalue weighted by molar-refractivity contribution is 5.83. The van der Waals surface area contributed by atoms with Gasteiger partial charge in [-0.25, -0.2) is 0 Å². The number of carbonyl (C=O) groups excluding carboxylic acids is 1. The van der Waals surface area contributed by atoms with E-state index in [1.54, 1.807) is 6.92 Å². The van der Waals surface area contributed by atoms with Crippen LogP contribution in [-0.2, 0) is 16.0 Å². The molecule has 104 valence electrons. The predicted octanol–water partition coefficient (Wildman–Crippen LogP) is 1.24. The van der Waals surface area contributed by atoms with Gasteiger partial charge in [0, 0.05) is 6.42 Å². The van der Waals surface area contributed by atoms with Crippen molar-refractivity contribution < 1.29 is 14.1 Å². The van der Waals surface area contributed by atoms with Crippen LogP contribution < -0.4 is 5.32 Å². The Labute approximate surface area is 116 Å². The van der Waals surface area contributed by atoms with Crippen molar-refractivity contribution in [2.24, 2.45) is 0 Å². The molecule has 2 aromatic rings. The van der Waals surface area contributed by atoms with E-state index in [0.29, 0.717) is 24.7 Å². The number of epoxide rings is 1. The molecule has 2 unspecified atom stereocenters. The molecule has 1 N–H and O–H groups in total. The summed E-state index contributed by atoms with van der Waals surface area (Å²) in [5.74, 6) is 0.875. The Bertz CT molecular complexity index is 593. The van der Waals surface area contributed by atoms with Crippen LogP contribution in [0.15, 0.2) is 34.9 Å². The molecule has 0 saturated carbocycles. The standard InChI is InChI=1S/C14H15N3O3/c1-9(15-13(18)11-8-19-11)14-16-12(17-20-14)7-10-5-3-2-4-6-10/h2-6,9,11H,7-8H2,1H3,(H,15,18). The van der Waals surface area contributed by atoms with Crippen molar-refractivity contribution in [3.8, 4) is 0 Å². The second-order valence-corrected chi connectivity index (χ2v) is 4.76. The lowest BCUT2D eigenvalue weighted by molar-refractivity contribution is -0.123. The average Bonchev–Trinajstić information content (AvgIpc) is 3.20. The lowest BCUT2D eigenvalue weighted by atomic mass is 10.1. The quantitative estimate of drug-likeness (QED) is 0.829. The number of nitrogens with zero attached hydrogens (tertiary/aromatic N) is 2. The monoisotopic (exact) mass is 273 g/mol. The molecule has 1 saturated heterocycles. The topological polar surface area (TPSA) is 80.5 Å². The second-order valence-electron chi connectivity index (χ2n) is 4.76. The van der Waals surface area contributed by atoms with E-state index in [4.69, 9.17) is 9.26 Å². The summed E-state index contributed by atoms with van der Waals surface area (Å²) in [6.45, 7) is 2.29. The minimum atomic E-state index is -0.316. The van der Waals surface area contributed by atoms with E-state index in [9.17, 15) is 4.79 Å². The molecule has 0 aliphatic carbocycles. The number of rotatable bonds is 5. The fourth-order valence-corrected chi connectivity index (χ4v) is 1.86. The van der Waals surface area contributed by atoms with E-state index in [2.05, 4.69) is 15.5 Å². The third-order valence-corrected chi connectivity index (χ3v) is 3.04. The van der Waals surface area contributed by atoms with Gasteiger partial charge in [0.1, 0.15) is 6.04 Å². The predicted molar refractivity (Wildman–Crippen MR) is 69.8 cm³/mol. The molecular formula is C14H15N3O3. The zero-order valence-electron chi connectivity index (χ0n) is 11.1. The Hall–Kier alpha value is -2.21. The molecule has 1 aromatic carbocycles. The van der Waals surface area contributed by atoms with Crippen LogP contribution in [-0.4, -0.2) is 28.8 Å². The van der Waals surface area contributed by atoms with Crippen LogP contribution in [0.1, 0.15) is 30.2 Å². The number of benzene rings is 1. The third-order valence-electron chi connectivity index (χ3n) is 3.04. The van der Waals surface area contributed by atoms with Crippen molar-refractivity contribution in [2.45, 2.75) is 25.5 Å². The fourth-order valence-electron chi connectivity index (χ4n) is 1.86. The Morgan fingerprint density at radius 2 is 2.20 bits per heavy atom. The zero-order chi connectivity index (χ0) is 13.9. The van der Waals surface area contributed by atoms with Gasteiger partial charge in [0.2, 0.25) is 5.89 Å². The van der Waals surface area contributed by atoms with Crippen LogP contribution in [0, 0.1) is 0 Å². The van der Waals surface area contributed by atoms with Gasteiger partial charge < -0.3 is 14.6 Å². The Morgan fingerprint density at radius 1 is 1.45 bits per heavy atom. The summed E-state index contributed by atoms with van der Waals surface area (Å²) < 4.78 is 10.1. The summed E-state index contributed by atoms with van der Waals surface area (Å²) >= 11 is 0. The molecule has 3 rings (SSSR count). The van der Waals surface area contributed by atoms with E-state index in [0.717, 1.165) is 5.56 Å². The van der Waals surface area contributed by atoms with E-state index >= 15 is 0 Å². The Balaban J connectivity index is 1.62. The van der Waals surface area contributed by atoms with E-state index in [1.165, 1.54) is 0 Å².